The molecule has 2 aromatic carbocycles. The molecule has 7 heteroatoms. The van der Waals surface area contributed by atoms with Gasteiger partial charge in [0.2, 0.25) is 0 Å². The van der Waals surface area contributed by atoms with Crippen LogP contribution in [-0.4, -0.2) is 21.2 Å². The smallest absolute Gasteiger partial charge is 0.293 e. The molecule has 1 saturated heterocycles. The molecule has 2 aromatic rings. The zero-order valence-corrected chi connectivity index (χ0v) is 15.2. The molecule has 1 fully saturated rings. The Kier molecular flexibility index (Phi) is 4.93. The number of imide groups is 1. The van der Waals surface area contributed by atoms with Crippen molar-refractivity contribution in [1.82, 2.24) is 4.90 Å². The average molecular weight is 415 g/mol. The Morgan fingerprint density at radius 3 is 2.72 bits per heavy atom. The van der Waals surface area contributed by atoms with E-state index in [1.807, 2.05) is 0 Å². The molecule has 1 aliphatic heterocycles. The van der Waals surface area contributed by atoms with Gasteiger partial charge in [-0.05, 0) is 63.1 Å². The molecule has 2 amide bonds. The van der Waals surface area contributed by atoms with Crippen LogP contribution in [0.4, 0.5) is 4.79 Å². The monoisotopic (exact) mass is 414 g/mol. The lowest BCUT2D eigenvalue weighted by molar-refractivity contribution is -0.123. The van der Waals surface area contributed by atoms with Crippen molar-refractivity contribution in [3.05, 3.63) is 68.5 Å². The van der Waals surface area contributed by atoms with Gasteiger partial charge in [-0.3, -0.25) is 14.5 Å². The summed E-state index contributed by atoms with van der Waals surface area (Å²) in [6.07, 6.45) is 1.60. The fraction of sp³-hybridized carbons (Fsp3) is 0.0556. The molecule has 25 heavy (non-hydrogen) atoms. The van der Waals surface area contributed by atoms with E-state index in [1.54, 1.807) is 42.5 Å². The van der Waals surface area contributed by atoms with E-state index < -0.39 is 5.91 Å². The Bertz CT molecular complexity index is 950. The van der Waals surface area contributed by atoms with E-state index in [4.69, 9.17) is 5.26 Å². The van der Waals surface area contributed by atoms with Crippen LogP contribution in [0.5, 0.6) is 5.75 Å². The Hall–Kier alpha value is -2.56. The van der Waals surface area contributed by atoms with Gasteiger partial charge in [0.15, 0.2) is 0 Å². The van der Waals surface area contributed by atoms with Gasteiger partial charge in [-0.1, -0.05) is 24.3 Å². The van der Waals surface area contributed by atoms with Crippen molar-refractivity contribution in [3.63, 3.8) is 0 Å². The van der Waals surface area contributed by atoms with Gasteiger partial charge in [0.1, 0.15) is 5.75 Å². The van der Waals surface area contributed by atoms with Crippen LogP contribution in [0.25, 0.3) is 6.08 Å². The first kappa shape index (κ1) is 17.3. The molecule has 1 aliphatic rings. The normalized spacial score (nSPS) is 15.7. The molecule has 0 aromatic heterocycles. The fourth-order valence-corrected chi connectivity index (χ4v) is 3.57. The lowest BCUT2D eigenvalue weighted by Gasteiger charge is -2.13. The standard InChI is InChI=1S/C18H11BrN2O3S/c19-14-7-11(5-6-15(14)22)8-16-17(23)21(18(24)25-16)10-13-4-2-1-3-12(13)9-20/h1-8,22H,10H2. The number of thioether (sulfide) groups is 1. The van der Waals surface area contributed by atoms with Gasteiger partial charge >= 0.3 is 0 Å². The second-order valence-electron chi connectivity index (χ2n) is 5.25. The minimum atomic E-state index is -0.396. The third kappa shape index (κ3) is 3.60. The summed E-state index contributed by atoms with van der Waals surface area (Å²) in [6.45, 7) is 0.0605. The van der Waals surface area contributed by atoms with Crippen LogP contribution in [0.15, 0.2) is 51.8 Å². The highest BCUT2D eigenvalue weighted by Crippen LogP contribution is 2.34. The predicted octanol–water partition coefficient (Wildman–Crippen LogP) is 4.26. The summed E-state index contributed by atoms with van der Waals surface area (Å²) in [6, 6.07) is 13.8. The molecule has 1 heterocycles. The van der Waals surface area contributed by atoms with E-state index in [1.165, 1.54) is 6.07 Å². The third-order valence-electron chi connectivity index (χ3n) is 3.61. The van der Waals surface area contributed by atoms with E-state index in [9.17, 15) is 14.7 Å². The SMILES string of the molecule is N#Cc1ccccc1CN1C(=O)SC(=Cc2ccc(O)c(Br)c2)C1=O. The zero-order chi connectivity index (χ0) is 18.0. The molecule has 0 spiro atoms. The number of nitrogens with zero attached hydrogens (tertiary/aromatic N) is 2. The second kappa shape index (κ2) is 7.13. The summed E-state index contributed by atoms with van der Waals surface area (Å²) in [7, 11) is 0. The van der Waals surface area contributed by atoms with E-state index >= 15 is 0 Å². The number of nitriles is 1. The first-order valence-electron chi connectivity index (χ1n) is 7.21. The van der Waals surface area contributed by atoms with Crippen LogP contribution >= 0.6 is 27.7 Å². The lowest BCUT2D eigenvalue weighted by atomic mass is 10.1. The zero-order valence-electron chi connectivity index (χ0n) is 12.8. The number of carbonyl (C=O) groups excluding carboxylic acids is 2. The molecular weight excluding hydrogens is 404 g/mol. The fourth-order valence-electron chi connectivity index (χ4n) is 2.34. The molecule has 0 unspecified atom stereocenters. The summed E-state index contributed by atoms with van der Waals surface area (Å²) >= 11 is 4.07. The van der Waals surface area contributed by atoms with Gasteiger partial charge in [0.25, 0.3) is 11.1 Å². The molecular formula is C18H11BrN2O3S. The number of amides is 2. The first-order valence-corrected chi connectivity index (χ1v) is 8.82. The predicted molar refractivity (Wildman–Crippen MR) is 98.5 cm³/mol. The number of halogens is 1. The minimum Gasteiger partial charge on any atom is -0.507 e. The molecule has 0 radical (unpaired) electrons. The summed E-state index contributed by atoms with van der Waals surface area (Å²) in [5.41, 5.74) is 1.75. The highest BCUT2D eigenvalue weighted by molar-refractivity contribution is 9.10. The van der Waals surface area contributed by atoms with Crippen LogP contribution in [0.2, 0.25) is 0 Å². The highest BCUT2D eigenvalue weighted by atomic mass is 79.9. The van der Waals surface area contributed by atoms with Crippen LogP contribution < -0.4 is 0 Å². The summed E-state index contributed by atoms with van der Waals surface area (Å²) in [5.74, 6) is -0.301. The van der Waals surface area contributed by atoms with Gasteiger partial charge in [-0.25, -0.2) is 0 Å². The van der Waals surface area contributed by atoms with Gasteiger partial charge in [-0.2, -0.15) is 5.26 Å². The Balaban J connectivity index is 1.86. The van der Waals surface area contributed by atoms with E-state index in [-0.39, 0.29) is 17.5 Å². The average Bonchev–Trinajstić information content (AvgIpc) is 2.86. The van der Waals surface area contributed by atoms with Crippen molar-refractivity contribution < 1.29 is 14.7 Å². The number of phenols is 1. The minimum absolute atomic E-state index is 0.0605. The quantitative estimate of drug-likeness (QED) is 0.758. The van der Waals surface area contributed by atoms with E-state index in [2.05, 4.69) is 22.0 Å². The molecule has 5 nitrogen and oxygen atoms in total. The number of phenolic OH excluding ortho intramolecular Hbond substituents is 1. The maximum absolute atomic E-state index is 12.5. The summed E-state index contributed by atoms with van der Waals surface area (Å²) in [5, 5.41) is 18.3. The van der Waals surface area contributed by atoms with Gasteiger partial charge in [0, 0.05) is 0 Å². The highest BCUT2D eigenvalue weighted by Gasteiger charge is 2.35. The topological polar surface area (TPSA) is 81.4 Å². The molecule has 0 bridgehead atoms. The Morgan fingerprint density at radius 1 is 1.24 bits per heavy atom. The Morgan fingerprint density at radius 2 is 2.00 bits per heavy atom. The van der Waals surface area contributed by atoms with Gasteiger partial charge in [-0.15, -0.1) is 0 Å². The molecule has 1 N–H and O–H groups in total. The van der Waals surface area contributed by atoms with Crippen molar-refractivity contribution in [1.29, 1.82) is 5.26 Å². The summed E-state index contributed by atoms with van der Waals surface area (Å²) < 4.78 is 0.503. The molecule has 0 aliphatic carbocycles. The summed E-state index contributed by atoms with van der Waals surface area (Å²) in [4.78, 5) is 26.2. The van der Waals surface area contributed by atoms with Crippen LogP contribution in [0.3, 0.4) is 0 Å². The number of hydrogen-bond donors (Lipinski definition) is 1. The Labute approximate surface area is 156 Å². The van der Waals surface area contributed by atoms with Crippen molar-refractivity contribution in [2.75, 3.05) is 0 Å². The molecule has 3 rings (SSSR count). The number of carbonyl (C=O) groups is 2. The van der Waals surface area contributed by atoms with Crippen molar-refractivity contribution in [3.8, 4) is 11.8 Å². The number of rotatable bonds is 3. The van der Waals surface area contributed by atoms with Gasteiger partial charge in [0.05, 0.1) is 27.6 Å². The van der Waals surface area contributed by atoms with Gasteiger partial charge < -0.3 is 5.11 Å². The molecule has 124 valence electrons. The van der Waals surface area contributed by atoms with Crippen molar-refractivity contribution in [2.24, 2.45) is 0 Å². The largest absolute Gasteiger partial charge is 0.507 e. The van der Waals surface area contributed by atoms with Crippen LogP contribution in [-0.2, 0) is 11.3 Å². The number of hydrogen-bond acceptors (Lipinski definition) is 5. The third-order valence-corrected chi connectivity index (χ3v) is 5.15. The maximum Gasteiger partial charge on any atom is 0.293 e. The van der Waals surface area contributed by atoms with Crippen molar-refractivity contribution >= 4 is 44.9 Å². The number of benzene rings is 2. The van der Waals surface area contributed by atoms with Crippen LogP contribution in [0.1, 0.15) is 16.7 Å². The second-order valence-corrected chi connectivity index (χ2v) is 7.10. The molecule has 0 saturated carbocycles. The number of aromatic hydroxyl groups is 1. The van der Waals surface area contributed by atoms with Crippen LogP contribution in [0, 0.1) is 11.3 Å². The van der Waals surface area contributed by atoms with E-state index in [0.29, 0.717) is 26.1 Å². The van der Waals surface area contributed by atoms with Crippen molar-refractivity contribution in [2.45, 2.75) is 6.54 Å². The lowest BCUT2D eigenvalue weighted by Crippen LogP contribution is -2.27. The maximum atomic E-state index is 12.5. The van der Waals surface area contributed by atoms with E-state index in [0.717, 1.165) is 16.7 Å². The first-order chi connectivity index (χ1) is 12.0. The molecule has 0 atom stereocenters.